The molecule has 1 aliphatic carbocycles. The Bertz CT molecular complexity index is 455. The molecular formula is C11H11ClF3NO. The Kier molecular flexibility index (Phi) is 2.78. The maximum atomic E-state index is 12.9. The second-order valence-corrected chi connectivity index (χ2v) is 4.74. The van der Waals surface area contributed by atoms with Crippen LogP contribution >= 0.6 is 11.6 Å². The molecule has 0 radical (unpaired) electrons. The summed E-state index contributed by atoms with van der Waals surface area (Å²) in [6.45, 7) is 0.150. The van der Waals surface area contributed by atoms with E-state index in [4.69, 9.17) is 17.3 Å². The van der Waals surface area contributed by atoms with Gasteiger partial charge in [-0.15, -0.1) is 0 Å². The van der Waals surface area contributed by atoms with Gasteiger partial charge in [0.15, 0.2) is 0 Å². The first kappa shape index (κ1) is 12.5. The van der Waals surface area contributed by atoms with Crippen LogP contribution in [0.5, 0.6) is 5.75 Å². The second kappa shape index (κ2) is 3.78. The minimum Gasteiger partial charge on any atom is -0.506 e. The van der Waals surface area contributed by atoms with E-state index in [9.17, 15) is 18.3 Å². The third-order valence-corrected chi connectivity index (χ3v) is 3.51. The molecule has 1 saturated carbocycles. The molecule has 2 nitrogen and oxygen atoms in total. The van der Waals surface area contributed by atoms with Gasteiger partial charge in [-0.2, -0.15) is 13.2 Å². The van der Waals surface area contributed by atoms with Gasteiger partial charge in [0.05, 0.1) is 10.6 Å². The highest BCUT2D eigenvalue weighted by atomic mass is 35.5. The minimum atomic E-state index is -4.51. The summed E-state index contributed by atoms with van der Waals surface area (Å²) in [4.78, 5) is 0. The van der Waals surface area contributed by atoms with Gasteiger partial charge >= 0.3 is 6.18 Å². The molecule has 1 aromatic carbocycles. The zero-order valence-corrected chi connectivity index (χ0v) is 9.57. The molecular weight excluding hydrogens is 255 g/mol. The Morgan fingerprint density at radius 2 is 1.94 bits per heavy atom. The lowest BCUT2D eigenvalue weighted by Crippen LogP contribution is -2.24. The van der Waals surface area contributed by atoms with Crippen LogP contribution in [0.15, 0.2) is 12.1 Å². The first-order valence-corrected chi connectivity index (χ1v) is 5.48. The lowest BCUT2D eigenvalue weighted by atomic mass is 9.91. The maximum absolute atomic E-state index is 12.9. The topological polar surface area (TPSA) is 46.2 Å². The number of benzene rings is 1. The molecule has 17 heavy (non-hydrogen) atoms. The predicted molar refractivity (Wildman–Crippen MR) is 58.1 cm³/mol. The number of alkyl halides is 3. The van der Waals surface area contributed by atoms with Gasteiger partial charge in [0.1, 0.15) is 5.75 Å². The van der Waals surface area contributed by atoms with Gasteiger partial charge in [-0.25, -0.2) is 0 Å². The van der Waals surface area contributed by atoms with Crippen LogP contribution < -0.4 is 5.73 Å². The number of rotatable bonds is 2. The summed E-state index contributed by atoms with van der Waals surface area (Å²) in [7, 11) is 0. The van der Waals surface area contributed by atoms with Crippen LogP contribution in [0.3, 0.4) is 0 Å². The standard InChI is InChI=1S/C11H11ClF3NO/c12-8-3-6(10(5-16)1-2-10)7(4-9(8)17)11(13,14)15/h3-4,17H,1-2,5,16H2. The van der Waals surface area contributed by atoms with Crippen molar-refractivity contribution in [3.63, 3.8) is 0 Å². The van der Waals surface area contributed by atoms with E-state index in [1.165, 1.54) is 6.07 Å². The van der Waals surface area contributed by atoms with Crippen LogP contribution in [0.4, 0.5) is 13.2 Å². The van der Waals surface area contributed by atoms with Crippen LogP contribution in [0.2, 0.25) is 5.02 Å². The number of phenols is 1. The predicted octanol–water partition coefficient (Wildman–Crippen LogP) is 3.05. The number of aromatic hydroxyl groups is 1. The number of halogens is 4. The maximum Gasteiger partial charge on any atom is 0.416 e. The first-order chi connectivity index (χ1) is 7.80. The van der Waals surface area contributed by atoms with Crippen molar-refractivity contribution in [2.75, 3.05) is 6.54 Å². The average Bonchev–Trinajstić information content (AvgIpc) is 3.00. The van der Waals surface area contributed by atoms with E-state index >= 15 is 0 Å². The summed E-state index contributed by atoms with van der Waals surface area (Å²) >= 11 is 5.67. The van der Waals surface area contributed by atoms with Crippen LogP contribution in [0, 0.1) is 0 Å². The van der Waals surface area contributed by atoms with E-state index in [0.29, 0.717) is 18.9 Å². The highest BCUT2D eigenvalue weighted by Gasteiger charge is 2.48. The fraction of sp³-hybridized carbons (Fsp3) is 0.455. The molecule has 1 aliphatic rings. The Morgan fingerprint density at radius 3 is 2.35 bits per heavy atom. The normalized spacial score (nSPS) is 18.2. The smallest absolute Gasteiger partial charge is 0.416 e. The number of nitrogens with two attached hydrogens (primary N) is 1. The van der Waals surface area contributed by atoms with Crippen LogP contribution in [-0.2, 0) is 11.6 Å². The van der Waals surface area contributed by atoms with Crippen molar-refractivity contribution in [2.24, 2.45) is 5.73 Å². The summed E-state index contributed by atoms with van der Waals surface area (Å²) in [5, 5.41) is 9.21. The SMILES string of the molecule is NCC1(c2cc(Cl)c(O)cc2C(F)(F)F)CC1. The number of phenolic OH excluding ortho intramolecular Hbond substituents is 1. The lowest BCUT2D eigenvalue weighted by molar-refractivity contribution is -0.138. The van der Waals surface area contributed by atoms with Gasteiger partial charge in [-0.05, 0) is 30.5 Å². The summed E-state index contributed by atoms with van der Waals surface area (Å²) in [5.74, 6) is -0.560. The molecule has 3 N–H and O–H groups in total. The molecule has 2 rings (SSSR count). The van der Waals surface area contributed by atoms with Crippen molar-refractivity contribution in [1.82, 2.24) is 0 Å². The van der Waals surface area contributed by atoms with E-state index < -0.39 is 22.9 Å². The Balaban J connectivity index is 2.61. The van der Waals surface area contributed by atoms with Crippen molar-refractivity contribution in [1.29, 1.82) is 0 Å². The van der Waals surface area contributed by atoms with Gasteiger partial charge in [-0.1, -0.05) is 11.6 Å². The fourth-order valence-electron chi connectivity index (χ4n) is 1.97. The van der Waals surface area contributed by atoms with Crippen LogP contribution in [-0.4, -0.2) is 11.7 Å². The highest BCUT2D eigenvalue weighted by molar-refractivity contribution is 6.32. The Hall–Kier alpha value is -0.940. The minimum absolute atomic E-state index is 0.0762. The van der Waals surface area contributed by atoms with Gasteiger partial charge in [-0.3, -0.25) is 0 Å². The van der Waals surface area contributed by atoms with Gasteiger partial charge in [0, 0.05) is 12.0 Å². The second-order valence-electron chi connectivity index (χ2n) is 4.33. The summed E-state index contributed by atoms with van der Waals surface area (Å²) < 4.78 is 38.6. The van der Waals surface area contributed by atoms with Crippen molar-refractivity contribution in [2.45, 2.75) is 24.4 Å². The molecule has 0 aromatic heterocycles. The van der Waals surface area contributed by atoms with E-state index in [0.717, 1.165) is 0 Å². The largest absolute Gasteiger partial charge is 0.506 e. The molecule has 0 spiro atoms. The van der Waals surface area contributed by atoms with Gasteiger partial charge in [0.25, 0.3) is 0 Å². The lowest BCUT2D eigenvalue weighted by Gasteiger charge is -2.20. The quantitative estimate of drug-likeness (QED) is 0.863. The van der Waals surface area contributed by atoms with Crippen LogP contribution in [0.25, 0.3) is 0 Å². The summed E-state index contributed by atoms with van der Waals surface area (Å²) in [5.41, 5.74) is 4.15. The molecule has 6 heteroatoms. The molecule has 94 valence electrons. The molecule has 0 atom stereocenters. The zero-order valence-electron chi connectivity index (χ0n) is 8.81. The molecule has 0 heterocycles. The molecule has 0 saturated heterocycles. The highest BCUT2D eigenvalue weighted by Crippen LogP contribution is 2.52. The first-order valence-electron chi connectivity index (χ1n) is 5.10. The third-order valence-electron chi connectivity index (χ3n) is 3.21. The molecule has 0 unspecified atom stereocenters. The van der Waals surface area contributed by atoms with E-state index in [-0.39, 0.29) is 17.1 Å². The zero-order chi connectivity index (χ0) is 12.8. The number of hydrogen-bond acceptors (Lipinski definition) is 2. The fourth-order valence-corrected chi connectivity index (χ4v) is 2.13. The molecule has 0 bridgehead atoms. The Labute approximate surface area is 101 Å². The Morgan fingerprint density at radius 1 is 1.35 bits per heavy atom. The van der Waals surface area contributed by atoms with Crippen molar-refractivity contribution >= 4 is 11.6 Å². The van der Waals surface area contributed by atoms with Crippen molar-refractivity contribution in [3.05, 3.63) is 28.3 Å². The van der Waals surface area contributed by atoms with Crippen LogP contribution in [0.1, 0.15) is 24.0 Å². The van der Waals surface area contributed by atoms with E-state index in [1.807, 2.05) is 0 Å². The van der Waals surface area contributed by atoms with Crippen molar-refractivity contribution < 1.29 is 18.3 Å². The monoisotopic (exact) mass is 265 g/mol. The van der Waals surface area contributed by atoms with Gasteiger partial charge in [0.2, 0.25) is 0 Å². The molecule has 1 aromatic rings. The third kappa shape index (κ3) is 2.09. The van der Waals surface area contributed by atoms with E-state index in [2.05, 4.69) is 0 Å². The molecule has 1 fully saturated rings. The van der Waals surface area contributed by atoms with Crippen molar-refractivity contribution in [3.8, 4) is 5.75 Å². The van der Waals surface area contributed by atoms with Gasteiger partial charge < -0.3 is 10.8 Å². The number of hydrogen-bond donors (Lipinski definition) is 2. The average molecular weight is 266 g/mol. The summed E-state index contributed by atoms with van der Waals surface area (Å²) in [6, 6.07) is 1.85. The summed E-state index contributed by atoms with van der Waals surface area (Å²) in [6.07, 6.45) is -3.27. The molecule has 0 amide bonds. The molecule has 0 aliphatic heterocycles. The van der Waals surface area contributed by atoms with E-state index in [1.54, 1.807) is 0 Å².